The van der Waals surface area contributed by atoms with Crippen molar-refractivity contribution in [3.05, 3.63) is 34.1 Å². The van der Waals surface area contributed by atoms with Crippen LogP contribution in [0.5, 0.6) is 0 Å². The number of pyridine rings is 1. The molecule has 0 amide bonds. The predicted octanol–water partition coefficient (Wildman–Crippen LogP) is 5.04. The van der Waals surface area contributed by atoms with Crippen LogP contribution in [0.25, 0.3) is 10.9 Å². The average molecular weight is 327 g/mol. The van der Waals surface area contributed by atoms with Crippen LogP contribution in [0.15, 0.2) is 22.7 Å². The Balaban J connectivity index is 0.000000861. The molecule has 2 N–H and O–H groups in total. The minimum atomic E-state index is -0.263. The van der Waals surface area contributed by atoms with Crippen LogP contribution in [0, 0.1) is 5.82 Å². The van der Waals surface area contributed by atoms with Gasteiger partial charge in [-0.15, -0.1) is 0 Å². The SMILES string of the molecule is CC.CC(C)(C)c1cc(F)c2cc(Br)c(N)nc2c1. The molecule has 0 atom stereocenters. The van der Waals surface area contributed by atoms with Gasteiger partial charge in [0, 0.05) is 5.39 Å². The molecule has 19 heavy (non-hydrogen) atoms. The van der Waals surface area contributed by atoms with E-state index in [1.807, 2.05) is 40.7 Å². The fraction of sp³-hybridized carbons (Fsp3) is 0.400. The molecule has 1 aromatic carbocycles. The number of nitrogens with two attached hydrogens (primary N) is 1. The van der Waals surface area contributed by atoms with Crippen molar-refractivity contribution < 1.29 is 4.39 Å². The van der Waals surface area contributed by atoms with Gasteiger partial charge in [-0.25, -0.2) is 9.37 Å². The summed E-state index contributed by atoms with van der Waals surface area (Å²) >= 11 is 3.25. The number of fused-ring (bicyclic) bond motifs is 1. The molecule has 1 heterocycles. The van der Waals surface area contributed by atoms with Crippen LogP contribution >= 0.6 is 15.9 Å². The molecule has 1 aromatic heterocycles. The molecule has 2 nitrogen and oxygen atoms in total. The van der Waals surface area contributed by atoms with Crippen LogP contribution in [-0.4, -0.2) is 4.98 Å². The number of nitrogens with zero attached hydrogens (tertiary/aromatic N) is 1. The number of anilines is 1. The van der Waals surface area contributed by atoms with E-state index in [2.05, 4.69) is 20.9 Å². The van der Waals surface area contributed by atoms with Gasteiger partial charge in [0.15, 0.2) is 0 Å². The Labute approximate surface area is 122 Å². The first-order valence-electron chi connectivity index (χ1n) is 6.35. The molecule has 0 aliphatic heterocycles. The second-order valence-electron chi connectivity index (χ2n) is 5.13. The van der Waals surface area contributed by atoms with E-state index >= 15 is 0 Å². The molecule has 2 rings (SSSR count). The van der Waals surface area contributed by atoms with Gasteiger partial charge < -0.3 is 5.73 Å². The highest BCUT2D eigenvalue weighted by Gasteiger charge is 2.17. The van der Waals surface area contributed by atoms with E-state index in [1.165, 1.54) is 0 Å². The third-order valence-corrected chi connectivity index (χ3v) is 3.37. The molecule has 0 radical (unpaired) electrons. The maximum atomic E-state index is 14.0. The molecule has 0 spiro atoms. The second-order valence-corrected chi connectivity index (χ2v) is 5.98. The predicted molar refractivity (Wildman–Crippen MR) is 83.9 cm³/mol. The van der Waals surface area contributed by atoms with Crippen LogP contribution < -0.4 is 5.73 Å². The molecule has 0 aliphatic carbocycles. The Bertz CT molecular complexity index is 589. The highest BCUT2D eigenvalue weighted by molar-refractivity contribution is 9.10. The standard InChI is InChI=1S/C13H14BrFN2.C2H6/c1-13(2,3)7-4-10(15)8-6-9(14)12(16)17-11(8)5-7;1-2/h4-6H,1-3H3,(H2,16,17);1-2H3. The third kappa shape index (κ3) is 3.44. The lowest BCUT2D eigenvalue weighted by Crippen LogP contribution is -2.11. The van der Waals surface area contributed by atoms with E-state index in [1.54, 1.807) is 12.1 Å². The number of halogens is 2. The lowest BCUT2D eigenvalue weighted by molar-refractivity contribution is 0.576. The molecule has 4 heteroatoms. The van der Waals surface area contributed by atoms with Crippen LogP contribution in [0.3, 0.4) is 0 Å². The lowest BCUT2D eigenvalue weighted by atomic mass is 9.86. The molecule has 0 saturated carbocycles. The number of nitrogen functional groups attached to an aromatic ring is 1. The van der Waals surface area contributed by atoms with E-state index in [-0.39, 0.29) is 11.2 Å². The van der Waals surface area contributed by atoms with Gasteiger partial charge in [0.25, 0.3) is 0 Å². The number of benzene rings is 1. The fourth-order valence-electron chi connectivity index (χ4n) is 1.66. The largest absolute Gasteiger partial charge is 0.383 e. The first-order chi connectivity index (χ1) is 8.79. The number of hydrogen-bond acceptors (Lipinski definition) is 2. The summed E-state index contributed by atoms with van der Waals surface area (Å²) < 4.78 is 14.6. The van der Waals surface area contributed by atoms with Crippen molar-refractivity contribution >= 4 is 32.7 Å². The molecule has 0 aliphatic rings. The van der Waals surface area contributed by atoms with Crippen molar-refractivity contribution in [3.8, 4) is 0 Å². The quantitative estimate of drug-likeness (QED) is 0.736. The maximum Gasteiger partial charge on any atom is 0.138 e. The van der Waals surface area contributed by atoms with Crippen molar-refractivity contribution in [2.75, 3.05) is 5.73 Å². The summed E-state index contributed by atoms with van der Waals surface area (Å²) in [6.45, 7) is 10.1. The third-order valence-electron chi connectivity index (χ3n) is 2.73. The fourth-order valence-corrected chi connectivity index (χ4v) is 1.97. The number of rotatable bonds is 0. The maximum absolute atomic E-state index is 14.0. The Morgan fingerprint density at radius 1 is 1.16 bits per heavy atom. The van der Waals surface area contributed by atoms with Crippen molar-refractivity contribution in [3.63, 3.8) is 0 Å². The van der Waals surface area contributed by atoms with Crippen molar-refractivity contribution in [2.24, 2.45) is 0 Å². The highest BCUT2D eigenvalue weighted by atomic mass is 79.9. The van der Waals surface area contributed by atoms with E-state index < -0.39 is 0 Å². The van der Waals surface area contributed by atoms with Crippen LogP contribution in [0.1, 0.15) is 40.2 Å². The minimum Gasteiger partial charge on any atom is -0.383 e. The average Bonchev–Trinajstić information content (AvgIpc) is 2.33. The van der Waals surface area contributed by atoms with E-state index in [9.17, 15) is 4.39 Å². The molecule has 0 fully saturated rings. The van der Waals surface area contributed by atoms with Gasteiger partial charge in [-0.3, -0.25) is 0 Å². The smallest absolute Gasteiger partial charge is 0.138 e. The topological polar surface area (TPSA) is 38.9 Å². The minimum absolute atomic E-state index is 0.113. The molecule has 0 unspecified atom stereocenters. The van der Waals surface area contributed by atoms with E-state index in [0.717, 1.165) is 5.56 Å². The first-order valence-corrected chi connectivity index (χ1v) is 7.14. The van der Waals surface area contributed by atoms with Gasteiger partial charge in [0.2, 0.25) is 0 Å². The molecular formula is C15H20BrFN2. The van der Waals surface area contributed by atoms with Crippen LogP contribution in [0.4, 0.5) is 10.2 Å². The Kier molecular flexibility index (Phi) is 4.91. The first kappa shape index (κ1) is 15.9. The van der Waals surface area contributed by atoms with Gasteiger partial charge >= 0.3 is 0 Å². The summed E-state index contributed by atoms with van der Waals surface area (Å²) in [4.78, 5) is 4.20. The number of aromatic nitrogens is 1. The van der Waals surface area contributed by atoms with E-state index in [0.29, 0.717) is 21.2 Å². The normalized spacial score (nSPS) is 11.1. The monoisotopic (exact) mass is 326 g/mol. The molecular weight excluding hydrogens is 307 g/mol. The number of hydrogen-bond donors (Lipinski definition) is 1. The summed E-state index contributed by atoms with van der Waals surface area (Å²) in [6, 6.07) is 5.12. The summed E-state index contributed by atoms with van der Waals surface area (Å²) in [5.74, 6) is 0.114. The summed E-state index contributed by atoms with van der Waals surface area (Å²) in [5, 5.41) is 0.485. The van der Waals surface area contributed by atoms with Gasteiger partial charge in [0.05, 0.1) is 9.99 Å². The van der Waals surface area contributed by atoms with Gasteiger partial charge in [-0.1, -0.05) is 34.6 Å². The second kappa shape index (κ2) is 5.87. The van der Waals surface area contributed by atoms with Crippen LogP contribution in [-0.2, 0) is 5.41 Å². The molecule has 0 saturated heterocycles. The molecule has 2 aromatic rings. The van der Waals surface area contributed by atoms with Crippen molar-refractivity contribution in [2.45, 2.75) is 40.0 Å². The van der Waals surface area contributed by atoms with Crippen LogP contribution in [0.2, 0.25) is 0 Å². The zero-order chi connectivity index (χ0) is 14.8. The molecule has 0 bridgehead atoms. The zero-order valence-corrected chi connectivity index (χ0v) is 13.6. The Morgan fingerprint density at radius 3 is 2.26 bits per heavy atom. The summed E-state index contributed by atoms with van der Waals surface area (Å²) in [5.41, 5.74) is 7.11. The Hall–Kier alpha value is -1.16. The zero-order valence-electron chi connectivity index (χ0n) is 12.0. The molecule has 104 valence electrons. The van der Waals surface area contributed by atoms with Crippen molar-refractivity contribution in [1.29, 1.82) is 0 Å². The van der Waals surface area contributed by atoms with Gasteiger partial charge in [-0.2, -0.15) is 0 Å². The van der Waals surface area contributed by atoms with Gasteiger partial charge in [0.1, 0.15) is 11.6 Å². The summed E-state index contributed by atoms with van der Waals surface area (Å²) in [6.07, 6.45) is 0. The summed E-state index contributed by atoms with van der Waals surface area (Å²) in [7, 11) is 0. The highest BCUT2D eigenvalue weighted by Crippen LogP contribution is 2.30. The lowest BCUT2D eigenvalue weighted by Gasteiger charge is -2.19. The van der Waals surface area contributed by atoms with E-state index in [4.69, 9.17) is 5.73 Å². The Morgan fingerprint density at radius 2 is 1.74 bits per heavy atom. The van der Waals surface area contributed by atoms with Gasteiger partial charge in [-0.05, 0) is 45.1 Å². The van der Waals surface area contributed by atoms with Crippen molar-refractivity contribution in [1.82, 2.24) is 4.98 Å².